The first-order valence-electron chi connectivity index (χ1n) is 7.89. The minimum Gasteiger partial charge on any atom is -0.336 e. The van der Waals surface area contributed by atoms with E-state index in [0.717, 1.165) is 25.9 Å². The van der Waals surface area contributed by atoms with E-state index in [0.29, 0.717) is 25.6 Å². The number of likely N-dealkylation sites (tertiary alicyclic amines) is 1. The van der Waals surface area contributed by atoms with Crippen LogP contribution in [0.5, 0.6) is 0 Å². The van der Waals surface area contributed by atoms with E-state index in [1.165, 1.54) is 0 Å². The van der Waals surface area contributed by atoms with Crippen LogP contribution in [0.4, 0.5) is 18.4 Å². The SMILES string of the molecule is O=C1NCCN1CC1CCN(C(=O)NC2CC(F)(F)C2)CC1. The van der Waals surface area contributed by atoms with Crippen molar-refractivity contribution in [1.29, 1.82) is 0 Å². The van der Waals surface area contributed by atoms with Gasteiger partial charge in [0.1, 0.15) is 0 Å². The van der Waals surface area contributed by atoms with E-state index in [9.17, 15) is 18.4 Å². The molecular formula is C14H22F2N4O2. The minimum atomic E-state index is -2.61. The van der Waals surface area contributed by atoms with Crippen molar-refractivity contribution in [1.82, 2.24) is 20.4 Å². The number of nitrogens with zero attached hydrogens (tertiary/aromatic N) is 2. The smallest absolute Gasteiger partial charge is 0.317 e. The molecule has 0 unspecified atom stereocenters. The molecule has 2 aliphatic heterocycles. The predicted molar refractivity (Wildman–Crippen MR) is 75.8 cm³/mol. The molecule has 22 heavy (non-hydrogen) atoms. The highest BCUT2D eigenvalue weighted by atomic mass is 19.3. The Hall–Kier alpha value is -1.60. The number of piperidine rings is 1. The van der Waals surface area contributed by atoms with Crippen molar-refractivity contribution in [3.05, 3.63) is 0 Å². The maximum Gasteiger partial charge on any atom is 0.317 e. The Morgan fingerprint density at radius 1 is 1.27 bits per heavy atom. The fraction of sp³-hybridized carbons (Fsp3) is 0.857. The number of urea groups is 2. The van der Waals surface area contributed by atoms with Crippen molar-refractivity contribution in [2.24, 2.45) is 5.92 Å². The second-order valence-electron chi connectivity index (χ2n) is 6.52. The van der Waals surface area contributed by atoms with Crippen molar-refractivity contribution in [3.8, 4) is 0 Å². The molecule has 6 nitrogen and oxygen atoms in total. The summed E-state index contributed by atoms with van der Waals surface area (Å²) in [6.07, 6.45) is 1.19. The zero-order chi connectivity index (χ0) is 15.7. The molecule has 1 saturated carbocycles. The number of nitrogens with one attached hydrogen (secondary N) is 2. The van der Waals surface area contributed by atoms with Crippen molar-refractivity contribution < 1.29 is 18.4 Å². The molecule has 4 amide bonds. The number of hydrogen-bond donors (Lipinski definition) is 2. The van der Waals surface area contributed by atoms with Gasteiger partial charge in [-0.05, 0) is 18.8 Å². The topological polar surface area (TPSA) is 64.7 Å². The van der Waals surface area contributed by atoms with Crippen molar-refractivity contribution in [3.63, 3.8) is 0 Å². The molecule has 0 spiro atoms. The number of hydrogen-bond acceptors (Lipinski definition) is 2. The molecule has 0 atom stereocenters. The number of carbonyl (C=O) groups excluding carboxylic acids is 2. The lowest BCUT2D eigenvalue weighted by atomic mass is 9.88. The van der Waals surface area contributed by atoms with Crippen LogP contribution in [0.3, 0.4) is 0 Å². The van der Waals surface area contributed by atoms with Crippen LogP contribution in [-0.2, 0) is 0 Å². The summed E-state index contributed by atoms with van der Waals surface area (Å²) >= 11 is 0. The van der Waals surface area contributed by atoms with Crippen LogP contribution < -0.4 is 10.6 Å². The third-order valence-electron chi connectivity index (χ3n) is 4.74. The van der Waals surface area contributed by atoms with Crippen molar-refractivity contribution >= 4 is 12.1 Å². The summed E-state index contributed by atoms with van der Waals surface area (Å²) in [5.74, 6) is -2.21. The molecule has 0 radical (unpaired) electrons. The highest BCUT2D eigenvalue weighted by Crippen LogP contribution is 2.37. The van der Waals surface area contributed by atoms with Gasteiger partial charge in [-0.1, -0.05) is 0 Å². The highest BCUT2D eigenvalue weighted by Gasteiger charge is 2.46. The number of alkyl halides is 2. The van der Waals surface area contributed by atoms with Crippen LogP contribution in [0.2, 0.25) is 0 Å². The van der Waals surface area contributed by atoms with Crippen LogP contribution in [0.25, 0.3) is 0 Å². The molecule has 1 aliphatic carbocycles. The van der Waals surface area contributed by atoms with E-state index >= 15 is 0 Å². The van der Waals surface area contributed by atoms with E-state index in [1.807, 2.05) is 4.90 Å². The largest absolute Gasteiger partial charge is 0.336 e. The van der Waals surface area contributed by atoms with Crippen molar-refractivity contribution in [2.75, 3.05) is 32.7 Å². The highest BCUT2D eigenvalue weighted by molar-refractivity contribution is 5.76. The summed E-state index contributed by atoms with van der Waals surface area (Å²) in [4.78, 5) is 27.0. The summed E-state index contributed by atoms with van der Waals surface area (Å²) in [7, 11) is 0. The number of carbonyl (C=O) groups is 2. The van der Waals surface area contributed by atoms with Gasteiger partial charge < -0.3 is 20.4 Å². The van der Waals surface area contributed by atoms with Gasteiger partial charge in [0.15, 0.2) is 0 Å². The normalized spacial score (nSPS) is 25.8. The lowest BCUT2D eigenvalue weighted by Gasteiger charge is -2.38. The van der Waals surface area contributed by atoms with Crippen LogP contribution >= 0.6 is 0 Å². The number of rotatable bonds is 3. The molecule has 2 heterocycles. The van der Waals surface area contributed by atoms with Gasteiger partial charge in [0.2, 0.25) is 0 Å². The summed E-state index contributed by atoms with van der Waals surface area (Å²) in [6, 6.07) is -0.641. The zero-order valence-corrected chi connectivity index (χ0v) is 12.5. The fourth-order valence-electron chi connectivity index (χ4n) is 3.34. The minimum absolute atomic E-state index is 0.00826. The Balaban J connectivity index is 1.38. The van der Waals surface area contributed by atoms with E-state index in [1.54, 1.807) is 4.90 Å². The van der Waals surface area contributed by atoms with E-state index in [4.69, 9.17) is 0 Å². The quantitative estimate of drug-likeness (QED) is 0.822. The Morgan fingerprint density at radius 2 is 1.95 bits per heavy atom. The van der Waals surface area contributed by atoms with Crippen molar-refractivity contribution in [2.45, 2.75) is 37.6 Å². The molecule has 2 N–H and O–H groups in total. The summed E-state index contributed by atoms with van der Waals surface area (Å²) in [5.41, 5.74) is 0. The molecule has 0 aromatic rings. The average molecular weight is 316 g/mol. The second kappa shape index (κ2) is 5.89. The number of halogens is 2. The maximum atomic E-state index is 12.8. The van der Waals surface area contributed by atoms with E-state index < -0.39 is 12.0 Å². The average Bonchev–Trinajstić information content (AvgIpc) is 2.83. The molecule has 3 aliphatic rings. The lowest BCUT2D eigenvalue weighted by molar-refractivity contribution is -0.0903. The van der Waals surface area contributed by atoms with E-state index in [-0.39, 0.29) is 24.9 Å². The monoisotopic (exact) mass is 316 g/mol. The second-order valence-corrected chi connectivity index (χ2v) is 6.52. The van der Waals surface area contributed by atoms with E-state index in [2.05, 4.69) is 10.6 Å². The summed E-state index contributed by atoms with van der Waals surface area (Å²) in [6.45, 7) is 3.42. The van der Waals surface area contributed by atoms with Gasteiger partial charge in [-0.2, -0.15) is 0 Å². The van der Waals surface area contributed by atoms with Gasteiger partial charge in [0.25, 0.3) is 5.92 Å². The van der Waals surface area contributed by atoms with Crippen LogP contribution in [-0.4, -0.2) is 66.6 Å². The molecule has 0 aromatic carbocycles. The van der Waals surface area contributed by atoms with Crippen LogP contribution in [0, 0.1) is 5.92 Å². The van der Waals surface area contributed by atoms with Gasteiger partial charge in [-0.25, -0.2) is 18.4 Å². The predicted octanol–water partition coefficient (Wildman–Crippen LogP) is 1.23. The van der Waals surface area contributed by atoms with Gasteiger partial charge >= 0.3 is 12.1 Å². The Labute approximate surface area is 128 Å². The Morgan fingerprint density at radius 3 is 2.50 bits per heavy atom. The summed E-state index contributed by atoms with van der Waals surface area (Å²) < 4.78 is 25.5. The Bertz CT molecular complexity index is 444. The molecule has 0 bridgehead atoms. The third-order valence-corrected chi connectivity index (χ3v) is 4.74. The molecule has 2 saturated heterocycles. The van der Waals surface area contributed by atoms with Gasteiger partial charge in [-0.15, -0.1) is 0 Å². The molecule has 124 valence electrons. The fourth-order valence-corrected chi connectivity index (χ4v) is 3.34. The first-order valence-corrected chi connectivity index (χ1v) is 7.89. The van der Waals surface area contributed by atoms with Crippen LogP contribution in [0.15, 0.2) is 0 Å². The maximum absolute atomic E-state index is 12.8. The van der Waals surface area contributed by atoms with Gasteiger partial charge in [0, 0.05) is 51.6 Å². The van der Waals surface area contributed by atoms with Crippen LogP contribution in [0.1, 0.15) is 25.7 Å². The first kappa shape index (κ1) is 15.3. The van der Waals surface area contributed by atoms with Gasteiger partial charge in [-0.3, -0.25) is 0 Å². The third kappa shape index (κ3) is 3.41. The van der Waals surface area contributed by atoms with Gasteiger partial charge in [0.05, 0.1) is 0 Å². The molecule has 8 heteroatoms. The molecular weight excluding hydrogens is 294 g/mol. The molecule has 3 fully saturated rings. The molecule has 0 aromatic heterocycles. The number of amides is 4. The summed E-state index contributed by atoms with van der Waals surface area (Å²) in [5, 5.41) is 5.45. The standard InChI is InChI=1S/C14H22F2N4O2/c15-14(16)7-11(8-14)18-13(22)19-4-1-10(2-5-19)9-20-6-3-17-12(20)21/h10-11H,1-9H2,(H,17,21)(H,18,22). The first-order chi connectivity index (χ1) is 10.4. The molecule has 3 rings (SSSR count). The lowest BCUT2D eigenvalue weighted by Crippen LogP contribution is -2.55. The Kier molecular flexibility index (Phi) is 4.10. The zero-order valence-electron chi connectivity index (χ0n) is 12.5.